The van der Waals surface area contributed by atoms with E-state index in [0.717, 1.165) is 35.5 Å². The van der Waals surface area contributed by atoms with Gasteiger partial charge in [-0.15, -0.1) is 45.0 Å². The largest absolute Gasteiger partial charge is 1.00 e. The van der Waals surface area contributed by atoms with E-state index < -0.39 is 35.2 Å². The third-order valence-corrected chi connectivity index (χ3v) is 16.0. The van der Waals surface area contributed by atoms with Gasteiger partial charge in [-0.05, 0) is 160 Å². The number of carboxylic acid groups (broad SMARTS) is 1. The van der Waals surface area contributed by atoms with Crippen molar-refractivity contribution in [3.05, 3.63) is 245 Å². The van der Waals surface area contributed by atoms with Crippen molar-refractivity contribution in [1.29, 1.82) is 0 Å². The maximum atomic E-state index is 13.0. The molecule has 97 heavy (non-hydrogen) atoms. The van der Waals surface area contributed by atoms with Crippen molar-refractivity contribution in [2.24, 2.45) is 0 Å². The Balaban J connectivity index is 0.000000298. The van der Waals surface area contributed by atoms with E-state index in [2.05, 4.69) is 101 Å². The molecule has 12 aromatic rings. The first-order valence-corrected chi connectivity index (χ1v) is 33.6. The van der Waals surface area contributed by atoms with Crippen molar-refractivity contribution in [2.75, 3.05) is 18.1 Å². The van der Waals surface area contributed by atoms with Crippen LogP contribution in [0.2, 0.25) is 15.1 Å². The Kier molecular flexibility index (Phi) is 31.7. The van der Waals surface area contributed by atoms with Crippen molar-refractivity contribution in [3.63, 3.8) is 0 Å². The Hall–Kier alpha value is -7.41. The molecule has 0 amide bonds. The summed E-state index contributed by atoms with van der Waals surface area (Å²) in [4.78, 5) is 44.1. The van der Waals surface area contributed by atoms with Gasteiger partial charge in [0.2, 0.25) is 17.3 Å². The number of hydrogen-bond acceptors (Lipinski definition) is 15. The summed E-state index contributed by atoms with van der Waals surface area (Å²) in [6, 6.07) is 59.1. The topological polar surface area (TPSA) is 240 Å². The third-order valence-electron chi connectivity index (χ3n) is 13.7. The normalized spacial score (nSPS) is 11.9. The number of aliphatic carboxylic acids is 1. The van der Waals surface area contributed by atoms with Gasteiger partial charge in [-0.2, -0.15) is 0 Å². The molecule has 0 saturated carbocycles. The minimum Gasteiger partial charge on any atom is -0.870 e. The molecule has 27 heteroatoms. The zero-order valence-electron chi connectivity index (χ0n) is 50.9. The Bertz CT molecular complexity index is 4480. The first-order valence-electron chi connectivity index (χ1n) is 28.0. The van der Waals surface area contributed by atoms with Crippen LogP contribution in [0.15, 0.2) is 214 Å². The van der Waals surface area contributed by atoms with Gasteiger partial charge in [0.15, 0.2) is 0 Å². The average molecular weight is 1670 g/mol. The predicted octanol–water partition coefficient (Wildman–Crippen LogP) is 16.2. The van der Waals surface area contributed by atoms with E-state index in [1.807, 2.05) is 126 Å². The zero-order chi connectivity index (χ0) is 65.7. The first-order chi connectivity index (χ1) is 44.3. The number of hydrogen-bond donors (Lipinski definition) is 1. The number of aromatic nitrogens is 9. The van der Waals surface area contributed by atoms with E-state index in [1.165, 1.54) is 21.3 Å². The van der Waals surface area contributed by atoms with E-state index in [4.69, 9.17) is 58.5 Å². The molecule has 19 nitrogen and oxygen atoms in total. The molecule has 3 aromatic heterocycles. The Morgan fingerprint density at radius 3 is 1.10 bits per heavy atom. The van der Waals surface area contributed by atoms with Crippen LogP contribution in [-0.2, 0) is 35.1 Å². The van der Waals surface area contributed by atoms with Crippen molar-refractivity contribution in [3.8, 4) is 34.3 Å². The fourth-order valence-electron chi connectivity index (χ4n) is 9.04. The number of esters is 2. The van der Waals surface area contributed by atoms with Crippen molar-refractivity contribution >= 4 is 156 Å². The van der Waals surface area contributed by atoms with Crippen molar-refractivity contribution in [1.82, 2.24) is 45.0 Å². The molecule has 502 valence electrons. The number of nitrogens with zero attached hydrogens (tertiary/aromatic N) is 9. The number of ether oxygens (including phenoxy) is 5. The van der Waals surface area contributed by atoms with Gasteiger partial charge < -0.3 is 34.3 Å². The van der Waals surface area contributed by atoms with E-state index >= 15 is 0 Å². The molecule has 12 rings (SSSR count). The summed E-state index contributed by atoms with van der Waals surface area (Å²) >= 11 is 31.0. The molecule has 0 bridgehead atoms. The Morgan fingerprint density at radius 2 is 0.773 bits per heavy atom. The van der Waals surface area contributed by atoms with Gasteiger partial charge in [0, 0.05) is 45.2 Å². The molecule has 0 saturated heterocycles. The molecule has 3 atom stereocenters. The summed E-state index contributed by atoms with van der Waals surface area (Å²) in [6.45, 7) is 7.17. The smallest absolute Gasteiger partial charge is 0.870 e. The molecule has 0 radical (unpaired) electrons. The van der Waals surface area contributed by atoms with Gasteiger partial charge in [-0.3, -0.25) is 0 Å². The van der Waals surface area contributed by atoms with Crippen LogP contribution in [0.3, 0.4) is 0 Å². The molecule has 0 aliphatic rings. The van der Waals surface area contributed by atoms with Crippen molar-refractivity contribution in [2.45, 2.75) is 67.3 Å². The molecule has 2 N–H and O–H groups in total. The van der Waals surface area contributed by atoms with Crippen LogP contribution in [0, 0.1) is 0 Å². The second kappa shape index (κ2) is 37.5. The van der Waals surface area contributed by atoms with Gasteiger partial charge in [-0.1, -0.05) is 200 Å². The van der Waals surface area contributed by atoms with Crippen LogP contribution >= 0.6 is 105 Å². The van der Waals surface area contributed by atoms with E-state index in [0.29, 0.717) is 77.1 Å². The van der Waals surface area contributed by atoms with Gasteiger partial charge in [0.25, 0.3) is 0 Å². The molecule has 9 aromatic carbocycles. The van der Waals surface area contributed by atoms with E-state index in [9.17, 15) is 19.5 Å². The summed E-state index contributed by atoms with van der Waals surface area (Å²) in [5, 5.41) is 38.4. The van der Waals surface area contributed by atoms with E-state index in [-0.39, 0.29) is 59.8 Å². The number of carbonyl (C=O) groups excluding carboxylic acids is 2. The summed E-state index contributed by atoms with van der Waals surface area (Å²) in [5.74, 6) is -1.03. The van der Waals surface area contributed by atoms with Gasteiger partial charge in [0.05, 0.1) is 13.2 Å². The summed E-state index contributed by atoms with van der Waals surface area (Å²) in [5.41, 5.74) is 4.58. The maximum Gasteiger partial charge on any atom is 1.00 e. The van der Waals surface area contributed by atoms with Crippen LogP contribution in [0.1, 0.15) is 72.8 Å². The van der Waals surface area contributed by atoms with E-state index in [1.54, 1.807) is 99.6 Å². The summed E-state index contributed by atoms with van der Waals surface area (Å²) in [6.07, 6.45) is -0.956. The van der Waals surface area contributed by atoms with Gasteiger partial charge >= 0.3 is 36.8 Å². The number of halogens is 7. The number of rotatable bonds is 17. The molecule has 3 heterocycles. The number of carboxylic acids is 1. The van der Waals surface area contributed by atoms with Crippen LogP contribution in [0.4, 0.5) is 0 Å². The number of alkyl halides is 1. The summed E-state index contributed by atoms with van der Waals surface area (Å²) < 4.78 is 31.7. The maximum absolute atomic E-state index is 13.0. The second-order valence-corrected chi connectivity index (χ2v) is 23.9. The predicted molar refractivity (Wildman–Crippen MR) is 396 cm³/mol. The van der Waals surface area contributed by atoms with Crippen LogP contribution in [0.5, 0.6) is 17.2 Å². The standard InChI is InChI=1S/C23H19BrClN3O3.C22H17BrClN3O3.C21H15BrClN3O3.CH3I.3CH4.Li.H2O/c1-3-30-22(29)23(2,15-8-10-16(24)11-9-15)31-21-13-12-17(25)14-20(21)28-26-18-6-4-5-7-19(18)27-28;1-2-29-22(28)21(14-7-9-15(23)10-8-14)30-20-12-11-16(24)13-19(20)27-25-17-5-3-4-6-18(17)26-27;1-21(20(27)28,13-6-8-14(22)9-7-13)29-19-11-10-15(23)12-18(19)26-24-16-4-2-3-5-17(16)25-26;1-2;;;;;/h4-14H,3H2,1-2H3;3-13,21H,2H2,1H3;2-12H,1H3,(H,27,28);1H3;3*1H4;;1H2/q;;;;;;;+1;/p-1. The molecular weight excluding hydrogens is 1610 g/mol. The van der Waals surface area contributed by atoms with Gasteiger partial charge in [-0.25, -0.2) is 14.4 Å². The van der Waals surface area contributed by atoms with Crippen LogP contribution < -0.4 is 33.1 Å². The molecule has 0 aliphatic heterocycles. The number of carbonyl (C=O) groups is 3. The molecule has 0 spiro atoms. The molecular formula is C70H67Br3Cl3ILiN9O10. The fraction of sp³-hybridized carbons (Fsp3) is 0.186. The quantitative estimate of drug-likeness (QED) is 0.0386. The zero-order valence-corrected chi connectivity index (χ0v) is 60.1. The summed E-state index contributed by atoms with van der Waals surface area (Å²) in [7, 11) is 0. The van der Waals surface area contributed by atoms with Crippen LogP contribution in [0.25, 0.3) is 50.2 Å². The van der Waals surface area contributed by atoms with Crippen LogP contribution in [-0.4, -0.2) is 91.6 Å². The van der Waals surface area contributed by atoms with Gasteiger partial charge in [0.1, 0.15) is 67.4 Å². The average Bonchev–Trinajstić information content (AvgIpc) is 1.77. The minimum atomic E-state index is -1.63. The fourth-order valence-corrected chi connectivity index (χ4v) is 10.3. The minimum absolute atomic E-state index is 0. The molecule has 3 unspecified atom stereocenters. The molecule has 0 fully saturated rings. The SMILES string of the molecule is C.C.C.CC(Oc1ccc(Cl)cc1-n1nc2ccccc2n1)(C(=O)O)c1ccc(Br)cc1.CCOC(=O)C(C)(Oc1ccc(Cl)cc1-n1nc2ccccc2n1)c1ccc(Br)cc1.CCOC(=O)C(Oc1ccc(Cl)cc1-n1nc2ccccc2n1)c1ccc(Br)cc1.CI.[Li+].[OH-]. The number of benzene rings is 9. The monoisotopic (exact) mass is 1670 g/mol. The Morgan fingerprint density at radius 1 is 0.474 bits per heavy atom. The Labute approximate surface area is 628 Å². The van der Waals surface area contributed by atoms with Crippen molar-refractivity contribution < 1.29 is 67.5 Å². The second-order valence-electron chi connectivity index (χ2n) is 19.9. The number of fused-ring (bicyclic) bond motifs is 3. The third kappa shape index (κ3) is 19.9. The first kappa shape index (κ1) is 82.0. The molecule has 0 aliphatic carbocycles.